The molecule has 1 N–H and O–H groups in total. The highest BCUT2D eigenvalue weighted by molar-refractivity contribution is 7.22. The molecule has 6 aromatic carbocycles. The molecule has 0 spiro atoms. The van der Waals surface area contributed by atoms with Gasteiger partial charge >= 0.3 is 0 Å². The van der Waals surface area contributed by atoms with Crippen molar-refractivity contribution >= 4 is 117 Å². The van der Waals surface area contributed by atoms with E-state index in [-0.39, 0.29) is 11.4 Å². The maximum absolute atomic E-state index is 11.0. The van der Waals surface area contributed by atoms with Gasteiger partial charge in [0.05, 0.1) is 26.1 Å². The molecule has 0 unspecified atom stereocenters. The fourth-order valence-electron chi connectivity index (χ4n) is 8.64. The Kier molecular flexibility index (Phi) is 11.1. The molecule has 0 aliphatic heterocycles. The van der Waals surface area contributed by atoms with Gasteiger partial charge in [-0.3, -0.25) is 4.90 Å². The second-order valence-corrected chi connectivity index (χ2v) is 19.4. The highest BCUT2D eigenvalue weighted by Crippen LogP contribution is 2.46. The lowest BCUT2D eigenvalue weighted by atomic mass is 10.0. The van der Waals surface area contributed by atoms with E-state index in [4.69, 9.17) is 53.5 Å². The molecule has 0 saturated heterocycles. The predicted molar refractivity (Wildman–Crippen MR) is 274 cm³/mol. The van der Waals surface area contributed by atoms with E-state index in [1.54, 1.807) is 16.0 Å². The summed E-state index contributed by atoms with van der Waals surface area (Å²) in [6, 6.07) is 38.5. The minimum absolute atomic E-state index is 0.226. The van der Waals surface area contributed by atoms with Crippen molar-refractivity contribution in [3.8, 4) is 22.5 Å². The first-order chi connectivity index (χ1) is 31.8. The van der Waals surface area contributed by atoms with Crippen LogP contribution in [0, 0.1) is 59.8 Å². The van der Waals surface area contributed by atoms with Gasteiger partial charge in [-0.2, -0.15) is 15.0 Å². The Morgan fingerprint density at radius 2 is 1.29 bits per heavy atom. The van der Waals surface area contributed by atoms with Gasteiger partial charge < -0.3 is 5.32 Å². The molecule has 10 aromatic rings. The Morgan fingerprint density at radius 3 is 1.97 bits per heavy atom. The van der Waals surface area contributed by atoms with Crippen molar-refractivity contribution in [2.45, 2.75) is 48.5 Å². The average Bonchev–Trinajstić information content (AvgIpc) is 4.00. The number of thiazole rings is 2. The zero-order valence-corrected chi connectivity index (χ0v) is 40.1. The summed E-state index contributed by atoms with van der Waals surface area (Å²) in [5.74, 6) is 1.32. The van der Waals surface area contributed by atoms with E-state index in [2.05, 4.69) is 88.2 Å². The van der Waals surface area contributed by atoms with Crippen LogP contribution >= 0.6 is 45.9 Å². The van der Waals surface area contributed by atoms with Crippen molar-refractivity contribution in [3.63, 3.8) is 0 Å². The normalized spacial score (nSPS) is 11.6. The van der Waals surface area contributed by atoms with Crippen LogP contribution in [0.25, 0.3) is 47.6 Å². The molecule has 10 nitrogen and oxygen atoms in total. The van der Waals surface area contributed by atoms with Crippen molar-refractivity contribution in [1.82, 2.24) is 24.7 Å². The van der Waals surface area contributed by atoms with Crippen LogP contribution in [-0.4, -0.2) is 24.7 Å². The molecular weight excluding hydrogens is 900 g/mol. The Hall–Kier alpha value is -7.01. The number of nitrogens with zero attached hydrogens (tertiary/aromatic N) is 9. The van der Waals surface area contributed by atoms with E-state index >= 15 is 0 Å². The molecule has 0 aliphatic rings. The topological polar surface area (TPSA) is 120 Å². The molecule has 0 amide bonds. The second-order valence-electron chi connectivity index (χ2n) is 16.5. The average molecular weight is 940 g/mol. The lowest BCUT2D eigenvalue weighted by Crippen LogP contribution is -2.15. The van der Waals surface area contributed by atoms with Crippen LogP contribution in [-0.2, 0) is 0 Å². The van der Waals surface area contributed by atoms with Gasteiger partial charge in [-0.15, -0.1) is 10.2 Å². The zero-order valence-electron chi connectivity index (χ0n) is 37.0. The number of pyridine rings is 1. The van der Waals surface area contributed by atoms with E-state index < -0.39 is 0 Å². The third-order valence-electron chi connectivity index (χ3n) is 11.5. The number of halogens is 2. The SMILES string of the molecule is Cc1cc(C)c(Nc2nc(N(c3nc4cc(Cl)ccc4s3)c3c(C)cc(C)cc3C)cc(C)c2/N=N/c2c(C#N)c(-c3ccc4ccccc4c3)nn2-c2nc3cc(Cl)ccc3s2)c(C)c1. The Morgan fingerprint density at radius 1 is 0.652 bits per heavy atom. The van der Waals surface area contributed by atoms with Gasteiger partial charge in [-0.25, -0.2) is 15.0 Å². The van der Waals surface area contributed by atoms with E-state index in [1.807, 2.05) is 85.8 Å². The summed E-state index contributed by atoms with van der Waals surface area (Å²) >= 11 is 15.9. The largest absolute Gasteiger partial charge is 0.338 e. The molecule has 0 radical (unpaired) electrons. The number of hydrogen-bond acceptors (Lipinski definition) is 11. The minimum atomic E-state index is 0.226. The summed E-state index contributed by atoms with van der Waals surface area (Å²) in [5, 5.41) is 34.2. The number of aromatic nitrogens is 5. The number of anilines is 5. The lowest BCUT2D eigenvalue weighted by Gasteiger charge is -2.27. The van der Waals surface area contributed by atoms with Gasteiger partial charge in [0.1, 0.15) is 28.8 Å². The van der Waals surface area contributed by atoms with Gasteiger partial charge in [-0.1, -0.05) is 118 Å². The van der Waals surface area contributed by atoms with E-state index in [0.717, 1.165) is 86.7 Å². The Labute approximate surface area is 399 Å². The summed E-state index contributed by atoms with van der Waals surface area (Å²) < 4.78 is 3.51. The molecule has 4 heterocycles. The van der Waals surface area contributed by atoms with Crippen molar-refractivity contribution in [1.29, 1.82) is 5.26 Å². The van der Waals surface area contributed by atoms with Crippen molar-refractivity contribution in [3.05, 3.63) is 164 Å². The van der Waals surface area contributed by atoms with Gasteiger partial charge in [0.15, 0.2) is 16.8 Å². The molecule has 324 valence electrons. The van der Waals surface area contributed by atoms with Gasteiger partial charge in [0.25, 0.3) is 0 Å². The van der Waals surface area contributed by atoms with Crippen LogP contribution in [0.2, 0.25) is 10.0 Å². The standard InChI is InChI=1S/C52H40Cl2N10S2/c1-27-18-29(3)45(30(4)19-27)59-49-46(31(5)22-44(58-49)63(48-32(6)20-28(2)21-33(48)7)51-56-40-24-37(53)14-16-42(40)65-51)60-61-50-39(26-55)47(36-13-12-34-10-8-9-11-35(34)23-36)62-64(50)52-57-41-25-38(54)15-17-43(41)66-52/h8-25H,1-7H3,(H,58,59)/b61-60+. The lowest BCUT2D eigenvalue weighted by molar-refractivity contribution is 0.866. The number of nitrogens with one attached hydrogen (secondary N) is 1. The molecule has 66 heavy (non-hydrogen) atoms. The molecule has 0 fully saturated rings. The van der Waals surface area contributed by atoms with Crippen LogP contribution in [0.5, 0.6) is 0 Å². The van der Waals surface area contributed by atoms with Gasteiger partial charge in [0.2, 0.25) is 5.13 Å². The quantitative estimate of drug-likeness (QED) is 0.143. The number of benzene rings is 6. The van der Waals surface area contributed by atoms with Crippen molar-refractivity contribution in [2.24, 2.45) is 10.2 Å². The maximum atomic E-state index is 11.0. The first kappa shape index (κ1) is 42.9. The van der Waals surface area contributed by atoms with E-state index in [0.29, 0.717) is 43.7 Å². The molecule has 0 saturated carbocycles. The molecule has 10 rings (SSSR count). The second kappa shape index (κ2) is 17.1. The smallest absolute Gasteiger partial charge is 0.213 e. The molecule has 0 bridgehead atoms. The van der Waals surface area contributed by atoms with Gasteiger partial charge in [-0.05, 0) is 136 Å². The van der Waals surface area contributed by atoms with Crippen LogP contribution in [0.1, 0.15) is 44.5 Å². The van der Waals surface area contributed by atoms with Crippen molar-refractivity contribution in [2.75, 3.05) is 10.2 Å². The van der Waals surface area contributed by atoms with E-state index in [9.17, 15) is 5.26 Å². The zero-order chi connectivity index (χ0) is 46.0. The highest BCUT2D eigenvalue weighted by Gasteiger charge is 2.27. The van der Waals surface area contributed by atoms with Crippen LogP contribution in [0.15, 0.2) is 119 Å². The first-order valence-corrected chi connectivity index (χ1v) is 23.5. The number of fused-ring (bicyclic) bond motifs is 3. The number of hydrogen-bond donors (Lipinski definition) is 1. The first-order valence-electron chi connectivity index (χ1n) is 21.1. The molecule has 0 atom stereocenters. The minimum Gasteiger partial charge on any atom is -0.338 e. The Balaban J connectivity index is 1.19. The fourth-order valence-corrected chi connectivity index (χ4v) is 10.8. The summed E-state index contributed by atoms with van der Waals surface area (Å²) in [6.45, 7) is 14.6. The van der Waals surface area contributed by atoms with E-state index in [1.165, 1.54) is 11.3 Å². The third kappa shape index (κ3) is 7.94. The molecule has 14 heteroatoms. The summed E-state index contributed by atoms with van der Waals surface area (Å²) in [5.41, 5.74) is 12.7. The molecule has 0 aliphatic carbocycles. The summed E-state index contributed by atoms with van der Waals surface area (Å²) in [4.78, 5) is 17.6. The molecular formula is C52H40Cl2N10S2. The summed E-state index contributed by atoms with van der Waals surface area (Å²) in [7, 11) is 0. The van der Waals surface area contributed by atoms with Crippen LogP contribution < -0.4 is 10.2 Å². The van der Waals surface area contributed by atoms with Crippen LogP contribution in [0.4, 0.5) is 39.6 Å². The van der Waals surface area contributed by atoms with Gasteiger partial charge in [0, 0.05) is 21.3 Å². The Bertz CT molecular complexity index is 3630. The van der Waals surface area contributed by atoms with Crippen LogP contribution in [0.3, 0.4) is 0 Å². The number of aryl methyl sites for hydroxylation is 7. The monoisotopic (exact) mass is 938 g/mol. The maximum Gasteiger partial charge on any atom is 0.213 e. The van der Waals surface area contributed by atoms with Crippen molar-refractivity contribution < 1.29 is 0 Å². The number of nitriles is 1. The fraction of sp³-hybridized carbons (Fsp3) is 0.135. The number of azo groups is 1. The number of rotatable bonds is 9. The highest BCUT2D eigenvalue weighted by atomic mass is 35.5. The molecule has 4 aromatic heterocycles. The third-order valence-corrected chi connectivity index (χ3v) is 14.0. The predicted octanol–water partition coefficient (Wildman–Crippen LogP) is 16.3. The summed E-state index contributed by atoms with van der Waals surface area (Å²) in [6.07, 6.45) is 0.